The van der Waals surface area contributed by atoms with Crippen molar-refractivity contribution in [3.63, 3.8) is 0 Å². The average molecular weight is 998 g/mol. The Hall–Kier alpha value is -2.37. The predicted molar refractivity (Wildman–Crippen MR) is 307 cm³/mol. The van der Waals surface area contributed by atoms with Crippen LogP contribution in [0.2, 0.25) is 0 Å². The van der Waals surface area contributed by atoms with E-state index in [0.29, 0.717) is 19.3 Å². The highest BCUT2D eigenvalue weighted by atomic mass is 16.6. The smallest absolute Gasteiger partial charge is 0.306 e. The van der Waals surface area contributed by atoms with Crippen LogP contribution in [-0.4, -0.2) is 37.2 Å². The van der Waals surface area contributed by atoms with E-state index >= 15 is 0 Å². The van der Waals surface area contributed by atoms with E-state index in [2.05, 4.69) is 57.2 Å². The second kappa shape index (κ2) is 60.2. The number of hydrogen-bond donors (Lipinski definition) is 0. The van der Waals surface area contributed by atoms with Crippen LogP contribution in [-0.2, 0) is 28.6 Å². The molecule has 0 saturated carbocycles. The van der Waals surface area contributed by atoms with Crippen LogP contribution in [0.4, 0.5) is 0 Å². The van der Waals surface area contributed by atoms with E-state index in [9.17, 15) is 14.4 Å². The fraction of sp³-hybridized carbons (Fsp3) is 0.862. The van der Waals surface area contributed by atoms with Crippen LogP contribution in [0.1, 0.15) is 342 Å². The third-order valence-corrected chi connectivity index (χ3v) is 14.2. The Bertz CT molecular complexity index is 1190. The number of carbonyl (C=O) groups excluding carboxylic acids is 3. The molecular weight excluding hydrogens is 877 g/mol. The second-order valence-electron chi connectivity index (χ2n) is 21.3. The van der Waals surface area contributed by atoms with E-state index in [1.54, 1.807) is 0 Å². The van der Waals surface area contributed by atoms with Gasteiger partial charge in [0.1, 0.15) is 13.2 Å². The summed E-state index contributed by atoms with van der Waals surface area (Å²) in [4.78, 5) is 38.0. The van der Waals surface area contributed by atoms with Crippen LogP contribution < -0.4 is 0 Å². The van der Waals surface area contributed by atoms with Gasteiger partial charge in [-0.2, -0.15) is 0 Å². The van der Waals surface area contributed by atoms with Crippen molar-refractivity contribution in [3.05, 3.63) is 36.5 Å². The Balaban J connectivity index is 4.02. The van der Waals surface area contributed by atoms with Gasteiger partial charge in [-0.25, -0.2) is 0 Å². The van der Waals surface area contributed by atoms with Gasteiger partial charge < -0.3 is 14.2 Å². The van der Waals surface area contributed by atoms with Gasteiger partial charge in [-0.15, -0.1) is 0 Å². The van der Waals surface area contributed by atoms with E-state index in [-0.39, 0.29) is 31.1 Å². The Kier molecular flexibility index (Phi) is 58.2. The van der Waals surface area contributed by atoms with Crippen molar-refractivity contribution in [2.75, 3.05) is 13.2 Å². The molecule has 0 bridgehead atoms. The molecule has 0 N–H and O–H groups in total. The van der Waals surface area contributed by atoms with Crippen molar-refractivity contribution in [2.45, 2.75) is 348 Å². The van der Waals surface area contributed by atoms with Crippen LogP contribution in [0.15, 0.2) is 36.5 Å². The summed E-state index contributed by atoms with van der Waals surface area (Å²) >= 11 is 0. The molecule has 0 heterocycles. The van der Waals surface area contributed by atoms with Crippen molar-refractivity contribution >= 4 is 17.9 Å². The lowest BCUT2D eigenvalue weighted by Gasteiger charge is -2.18. The van der Waals surface area contributed by atoms with Crippen LogP contribution in [0.3, 0.4) is 0 Å². The molecule has 0 aromatic rings. The topological polar surface area (TPSA) is 78.9 Å². The molecule has 0 aromatic heterocycles. The van der Waals surface area contributed by atoms with Gasteiger partial charge in [0, 0.05) is 19.3 Å². The summed E-state index contributed by atoms with van der Waals surface area (Å²) in [6.07, 6.45) is 73.4. The first-order valence-corrected chi connectivity index (χ1v) is 31.5. The number of allylic oxidation sites excluding steroid dienone is 6. The van der Waals surface area contributed by atoms with Crippen molar-refractivity contribution in [1.82, 2.24) is 0 Å². The molecule has 0 fully saturated rings. The summed E-state index contributed by atoms with van der Waals surface area (Å²) in [6, 6.07) is 0. The van der Waals surface area contributed by atoms with E-state index < -0.39 is 6.10 Å². The number of esters is 3. The van der Waals surface area contributed by atoms with Gasteiger partial charge in [-0.3, -0.25) is 14.4 Å². The molecule has 6 heteroatoms. The minimum Gasteiger partial charge on any atom is -0.462 e. The summed E-state index contributed by atoms with van der Waals surface area (Å²) in [5.41, 5.74) is 0. The zero-order valence-electron chi connectivity index (χ0n) is 47.8. The fourth-order valence-electron chi connectivity index (χ4n) is 9.46. The predicted octanol–water partition coefficient (Wildman–Crippen LogP) is 21.2. The molecule has 0 saturated heterocycles. The first-order chi connectivity index (χ1) is 35.0. The Morgan fingerprint density at radius 3 is 0.859 bits per heavy atom. The highest BCUT2D eigenvalue weighted by molar-refractivity contribution is 5.71. The molecular formula is C65H120O6. The highest BCUT2D eigenvalue weighted by Crippen LogP contribution is 2.18. The minimum absolute atomic E-state index is 0.0750. The quantitative estimate of drug-likeness (QED) is 0.0261. The van der Waals surface area contributed by atoms with Gasteiger partial charge in [-0.05, 0) is 51.4 Å². The van der Waals surface area contributed by atoms with E-state index in [1.807, 2.05) is 0 Å². The van der Waals surface area contributed by atoms with Gasteiger partial charge >= 0.3 is 17.9 Å². The summed E-state index contributed by atoms with van der Waals surface area (Å²) < 4.78 is 16.8. The third kappa shape index (κ3) is 58.4. The molecule has 0 aliphatic heterocycles. The molecule has 0 amide bonds. The van der Waals surface area contributed by atoms with E-state index in [0.717, 1.165) is 96.3 Å². The fourth-order valence-corrected chi connectivity index (χ4v) is 9.46. The second-order valence-corrected chi connectivity index (χ2v) is 21.3. The molecule has 0 radical (unpaired) electrons. The molecule has 6 nitrogen and oxygen atoms in total. The normalized spacial score (nSPS) is 12.2. The number of ether oxygens (including phenoxy) is 3. The van der Waals surface area contributed by atoms with Gasteiger partial charge in [0.25, 0.3) is 0 Å². The van der Waals surface area contributed by atoms with Crippen LogP contribution in [0, 0.1) is 0 Å². The molecule has 416 valence electrons. The van der Waals surface area contributed by atoms with Crippen molar-refractivity contribution in [3.8, 4) is 0 Å². The van der Waals surface area contributed by atoms with Crippen LogP contribution in [0.25, 0.3) is 0 Å². The maximum Gasteiger partial charge on any atom is 0.306 e. The largest absolute Gasteiger partial charge is 0.462 e. The van der Waals surface area contributed by atoms with Crippen LogP contribution >= 0.6 is 0 Å². The van der Waals surface area contributed by atoms with Gasteiger partial charge in [0.15, 0.2) is 6.10 Å². The Morgan fingerprint density at radius 2 is 0.549 bits per heavy atom. The summed E-state index contributed by atoms with van der Waals surface area (Å²) in [5, 5.41) is 0. The van der Waals surface area contributed by atoms with Gasteiger partial charge in [-0.1, -0.05) is 308 Å². The Morgan fingerprint density at radius 1 is 0.296 bits per heavy atom. The number of hydrogen-bond acceptors (Lipinski definition) is 6. The SMILES string of the molecule is CC/C=C\C/C=C\C/C=C\CCCCCCCC(=O)OC(COC(=O)CCCCCCCCCC)COC(=O)CCCCCCCCCCCCCCCCCCCCCCCCCCCCCCCC. The molecule has 0 aromatic carbocycles. The lowest BCUT2D eigenvalue weighted by atomic mass is 10.0. The van der Waals surface area contributed by atoms with Crippen molar-refractivity contribution in [1.29, 1.82) is 0 Å². The molecule has 1 atom stereocenters. The average Bonchev–Trinajstić information content (AvgIpc) is 3.37. The Labute approximate surface area is 442 Å². The summed E-state index contributed by atoms with van der Waals surface area (Å²) in [7, 11) is 0. The maximum atomic E-state index is 12.8. The van der Waals surface area contributed by atoms with Crippen molar-refractivity contribution < 1.29 is 28.6 Å². The number of rotatable bonds is 58. The standard InChI is InChI=1S/C65H120O6/c1-4-7-10-13-16-19-21-23-25-26-27-28-29-30-31-32-33-34-35-36-37-38-39-41-42-44-46-49-52-55-58-64(67)70-61-62(60-69-63(66)57-54-51-48-18-15-12-9-6-3)71-65(68)59-56-53-50-47-45-43-40-24-22-20-17-14-11-8-5-2/h8,11,17,20,24,40,62H,4-7,9-10,12-16,18-19,21-23,25-39,41-61H2,1-3H3/b11-8-,20-17-,40-24-. The molecule has 0 aliphatic rings. The van der Waals surface area contributed by atoms with E-state index in [4.69, 9.17) is 14.2 Å². The maximum absolute atomic E-state index is 12.8. The first-order valence-electron chi connectivity index (χ1n) is 31.5. The lowest BCUT2D eigenvalue weighted by Crippen LogP contribution is -2.30. The van der Waals surface area contributed by atoms with Crippen LogP contribution in [0.5, 0.6) is 0 Å². The molecule has 0 spiro atoms. The molecule has 0 aliphatic carbocycles. The monoisotopic (exact) mass is 997 g/mol. The zero-order valence-corrected chi connectivity index (χ0v) is 47.8. The van der Waals surface area contributed by atoms with Gasteiger partial charge in [0.2, 0.25) is 0 Å². The molecule has 71 heavy (non-hydrogen) atoms. The minimum atomic E-state index is -0.776. The zero-order chi connectivity index (χ0) is 51.4. The summed E-state index contributed by atoms with van der Waals surface area (Å²) in [6.45, 7) is 6.53. The number of carbonyl (C=O) groups is 3. The third-order valence-electron chi connectivity index (χ3n) is 14.2. The van der Waals surface area contributed by atoms with E-state index in [1.165, 1.54) is 205 Å². The van der Waals surface area contributed by atoms with Gasteiger partial charge in [0.05, 0.1) is 0 Å². The first kappa shape index (κ1) is 68.6. The lowest BCUT2D eigenvalue weighted by molar-refractivity contribution is -0.167. The van der Waals surface area contributed by atoms with Crippen molar-refractivity contribution in [2.24, 2.45) is 0 Å². The highest BCUT2D eigenvalue weighted by Gasteiger charge is 2.19. The molecule has 1 unspecified atom stereocenters. The summed E-state index contributed by atoms with van der Waals surface area (Å²) in [5.74, 6) is -0.879. The number of unbranched alkanes of at least 4 members (excludes halogenated alkanes) is 41. The molecule has 0 rings (SSSR count).